The van der Waals surface area contributed by atoms with Crippen molar-refractivity contribution in [3.63, 3.8) is 0 Å². The molecule has 37 heavy (non-hydrogen) atoms. The highest BCUT2D eigenvalue weighted by molar-refractivity contribution is 5.90. The fourth-order valence-corrected chi connectivity index (χ4v) is 4.72. The van der Waals surface area contributed by atoms with Crippen LogP contribution < -0.4 is 5.32 Å². The predicted octanol–water partition coefficient (Wildman–Crippen LogP) is 5.05. The summed E-state index contributed by atoms with van der Waals surface area (Å²) in [5.41, 5.74) is 0.999. The molecule has 0 heterocycles. The Balaban J connectivity index is 3.20. The molecule has 0 aliphatic heterocycles. The van der Waals surface area contributed by atoms with Crippen molar-refractivity contribution in [2.24, 2.45) is 17.3 Å². The highest BCUT2D eigenvalue weighted by atomic mass is 16.5. The molecule has 7 nitrogen and oxygen atoms in total. The van der Waals surface area contributed by atoms with Gasteiger partial charge in [0.1, 0.15) is 12.6 Å². The first kappa shape index (κ1) is 32.4. The minimum absolute atomic E-state index is 0.0973. The van der Waals surface area contributed by atoms with E-state index in [9.17, 15) is 14.4 Å². The maximum atomic E-state index is 13.9. The van der Waals surface area contributed by atoms with Crippen molar-refractivity contribution in [3.05, 3.63) is 47.5 Å². The number of amides is 2. The summed E-state index contributed by atoms with van der Waals surface area (Å²) in [4.78, 5) is 40.0. The zero-order valence-electron chi connectivity index (χ0n) is 24.4. The summed E-state index contributed by atoms with van der Waals surface area (Å²) in [6, 6.07) is 9.04. The fraction of sp³-hybridized carbons (Fsp3) is 0.633. The Labute approximate surface area is 223 Å². The minimum Gasteiger partial charge on any atom is -0.480 e. The van der Waals surface area contributed by atoms with Crippen LogP contribution in [0.4, 0.5) is 0 Å². The first-order valence-electron chi connectivity index (χ1n) is 13.1. The highest BCUT2D eigenvalue weighted by Gasteiger charge is 2.41. The first-order valence-corrected chi connectivity index (χ1v) is 13.1. The Hall–Kier alpha value is -2.67. The number of hydrogen-bond donors (Lipinski definition) is 2. The van der Waals surface area contributed by atoms with Gasteiger partial charge in [0.05, 0.1) is 12.6 Å². The zero-order chi connectivity index (χ0) is 28.6. The van der Waals surface area contributed by atoms with Crippen LogP contribution in [0, 0.1) is 17.3 Å². The van der Waals surface area contributed by atoms with Gasteiger partial charge < -0.3 is 20.1 Å². The molecule has 1 aromatic rings. The van der Waals surface area contributed by atoms with E-state index in [0.29, 0.717) is 6.42 Å². The van der Waals surface area contributed by atoms with Gasteiger partial charge in [-0.05, 0) is 35.8 Å². The van der Waals surface area contributed by atoms with Crippen LogP contribution in [-0.2, 0) is 24.5 Å². The molecule has 0 aromatic heterocycles. The van der Waals surface area contributed by atoms with Crippen molar-refractivity contribution in [1.82, 2.24) is 10.2 Å². The van der Waals surface area contributed by atoms with Crippen molar-refractivity contribution in [3.8, 4) is 0 Å². The lowest BCUT2D eigenvalue weighted by Gasteiger charge is -2.40. The number of likely N-dealkylation sites (N-methyl/N-ethyl adjacent to an activating group) is 1. The maximum Gasteiger partial charge on any atom is 0.329 e. The van der Waals surface area contributed by atoms with Gasteiger partial charge >= 0.3 is 5.97 Å². The molecule has 1 unspecified atom stereocenters. The molecule has 0 saturated carbocycles. The van der Waals surface area contributed by atoms with Crippen LogP contribution in [0.1, 0.15) is 74.3 Å². The number of ether oxygens (including phenoxy) is 1. The van der Waals surface area contributed by atoms with E-state index in [4.69, 9.17) is 9.84 Å². The lowest BCUT2D eigenvalue weighted by Crippen LogP contribution is -2.58. The third-order valence-electron chi connectivity index (χ3n) is 7.00. The molecule has 1 aromatic carbocycles. The quantitative estimate of drug-likeness (QED) is 0.358. The van der Waals surface area contributed by atoms with E-state index in [2.05, 4.69) is 19.2 Å². The number of hydrogen-bond acceptors (Lipinski definition) is 4. The number of nitrogens with zero attached hydrogens (tertiary/aromatic N) is 1. The molecule has 7 heteroatoms. The molecular weight excluding hydrogens is 468 g/mol. The van der Waals surface area contributed by atoms with E-state index >= 15 is 0 Å². The second-order valence-corrected chi connectivity index (χ2v) is 11.9. The van der Waals surface area contributed by atoms with Crippen molar-refractivity contribution < 1.29 is 24.2 Å². The molecule has 0 spiro atoms. The van der Waals surface area contributed by atoms with E-state index in [1.165, 1.54) is 0 Å². The average Bonchev–Trinajstić information content (AvgIpc) is 2.79. The van der Waals surface area contributed by atoms with E-state index in [-0.39, 0.29) is 42.9 Å². The van der Waals surface area contributed by atoms with Gasteiger partial charge in [0.15, 0.2) is 0 Å². The average molecular weight is 517 g/mol. The summed E-state index contributed by atoms with van der Waals surface area (Å²) < 4.78 is 5.21. The van der Waals surface area contributed by atoms with Crippen LogP contribution in [0.5, 0.6) is 0 Å². The Kier molecular flexibility index (Phi) is 12.0. The van der Waals surface area contributed by atoms with Gasteiger partial charge in [-0.15, -0.1) is 0 Å². The fourth-order valence-electron chi connectivity index (χ4n) is 4.72. The molecule has 0 fully saturated rings. The van der Waals surface area contributed by atoms with Gasteiger partial charge in [-0.25, -0.2) is 4.79 Å². The van der Waals surface area contributed by atoms with Gasteiger partial charge in [-0.1, -0.05) is 91.8 Å². The number of carbonyl (C=O) groups is 3. The standard InChI is InChI=1S/C30H48N2O5/c1-11-23(30(8,9)22-15-13-12-14-16-22)27(35)31-26(29(5,6)7)28(36)32(10)24(20(2)3)17-21(4)18-37-19-25(33)34/h12-17,20,23-24,26H,11,18-19H2,1-10H3,(H,31,35)(H,33,34)/b21-17+/t23-,24?,26-/m1/s1. The monoisotopic (exact) mass is 516 g/mol. The van der Waals surface area contributed by atoms with Gasteiger partial charge in [-0.2, -0.15) is 0 Å². The van der Waals surface area contributed by atoms with Crippen LogP contribution in [0.15, 0.2) is 42.0 Å². The number of benzene rings is 1. The number of carboxylic acids is 1. The van der Waals surface area contributed by atoms with Crippen LogP contribution in [-0.4, -0.2) is 60.1 Å². The number of carboxylic acid groups (broad SMARTS) is 1. The molecule has 0 saturated heterocycles. The molecule has 0 aliphatic rings. The molecule has 2 N–H and O–H groups in total. The molecule has 3 atom stereocenters. The summed E-state index contributed by atoms with van der Waals surface area (Å²) in [6.45, 7) is 17.7. The van der Waals surface area contributed by atoms with Crippen LogP contribution in [0.2, 0.25) is 0 Å². The smallest absolute Gasteiger partial charge is 0.329 e. The van der Waals surface area contributed by atoms with Gasteiger partial charge in [0.2, 0.25) is 11.8 Å². The predicted molar refractivity (Wildman–Crippen MR) is 148 cm³/mol. The number of nitrogens with one attached hydrogen (secondary N) is 1. The maximum absolute atomic E-state index is 13.9. The van der Waals surface area contributed by atoms with Crippen LogP contribution in [0.25, 0.3) is 0 Å². The summed E-state index contributed by atoms with van der Waals surface area (Å²) in [7, 11) is 1.75. The van der Waals surface area contributed by atoms with E-state index in [1.54, 1.807) is 11.9 Å². The van der Waals surface area contributed by atoms with Crippen molar-refractivity contribution in [2.45, 2.75) is 86.2 Å². The second-order valence-electron chi connectivity index (χ2n) is 11.9. The van der Waals surface area contributed by atoms with Crippen molar-refractivity contribution >= 4 is 17.8 Å². The largest absolute Gasteiger partial charge is 0.480 e. The minimum atomic E-state index is -1.02. The van der Waals surface area contributed by atoms with Crippen LogP contribution >= 0.6 is 0 Å². The Morgan fingerprint density at radius 3 is 2.08 bits per heavy atom. The van der Waals surface area contributed by atoms with Gasteiger partial charge in [0.25, 0.3) is 0 Å². The highest BCUT2D eigenvalue weighted by Crippen LogP contribution is 2.34. The van der Waals surface area contributed by atoms with Crippen molar-refractivity contribution in [1.29, 1.82) is 0 Å². The number of rotatable bonds is 13. The summed E-state index contributed by atoms with van der Waals surface area (Å²) in [5.74, 6) is -1.53. The molecular formula is C30H48N2O5. The number of carbonyl (C=O) groups excluding carboxylic acids is 2. The third kappa shape index (κ3) is 9.29. The van der Waals surface area contributed by atoms with Crippen LogP contribution in [0.3, 0.4) is 0 Å². The number of aliphatic carboxylic acids is 1. The van der Waals surface area contributed by atoms with Crippen molar-refractivity contribution in [2.75, 3.05) is 20.3 Å². The topological polar surface area (TPSA) is 95.9 Å². The summed E-state index contributed by atoms with van der Waals surface area (Å²) in [6.07, 6.45) is 2.58. The van der Waals surface area contributed by atoms with Gasteiger partial charge in [0, 0.05) is 18.4 Å². The summed E-state index contributed by atoms with van der Waals surface area (Å²) >= 11 is 0. The summed E-state index contributed by atoms with van der Waals surface area (Å²) in [5, 5.41) is 11.9. The molecule has 208 valence electrons. The zero-order valence-corrected chi connectivity index (χ0v) is 24.4. The van der Waals surface area contributed by atoms with E-state index in [1.807, 2.05) is 84.9 Å². The first-order chi connectivity index (χ1) is 17.0. The third-order valence-corrected chi connectivity index (χ3v) is 7.00. The van der Waals surface area contributed by atoms with E-state index < -0.39 is 22.8 Å². The van der Waals surface area contributed by atoms with E-state index in [0.717, 1.165) is 11.1 Å². The Morgan fingerprint density at radius 2 is 1.62 bits per heavy atom. The Bertz CT molecular complexity index is 931. The van der Waals surface area contributed by atoms with Gasteiger partial charge in [-0.3, -0.25) is 9.59 Å². The lowest BCUT2D eigenvalue weighted by atomic mass is 9.71. The SMILES string of the molecule is CC[C@H](C(=O)N[C@H](C(=O)N(C)C(/C=C(\C)COCC(=O)O)C(C)C)C(C)(C)C)C(C)(C)c1ccccc1. The molecule has 0 aliphatic carbocycles. The second kappa shape index (κ2) is 13.8. The molecule has 0 radical (unpaired) electrons. The lowest BCUT2D eigenvalue weighted by molar-refractivity contribution is -0.141. The molecule has 1 rings (SSSR count). The molecule has 2 amide bonds. The Morgan fingerprint density at radius 1 is 1.05 bits per heavy atom. The molecule has 0 bridgehead atoms. The normalized spacial score (nSPS) is 15.2.